The van der Waals surface area contributed by atoms with Crippen molar-refractivity contribution in [1.29, 1.82) is 0 Å². The Hall–Kier alpha value is -2.88. The molecule has 0 bridgehead atoms. The van der Waals surface area contributed by atoms with Crippen LogP contribution in [0.15, 0.2) is 59.8 Å². The third-order valence-electron chi connectivity index (χ3n) is 5.00. The topological polar surface area (TPSA) is 132 Å². The molecule has 1 aliphatic rings. The van der Waals surface area contributed by atoms with Crippen LogP contribution in [-0.2, 0) is 10.0 Å². The van der Waals surface area contributed by atoms with Crippen LogP contribution in [0.3, 0.4) is 0 Å². The van der Waals surface area contributed by atoms with Crippen LogP contribution in [0.5, 0.6) is 0 Å². The van der Waals surface area contributed by atoms with E-state index in [1.165, 1.54) is 49.9 Å². The molecule has 1 saturated carbocycles. The fraction of sp³-hybridized carbons (Fsp3) is 0.273. The average Bonchev–Trinajstić information content (AvgIpc) is 2.75. The predicted molar refractivity (Wildman–Crippen MR) is 118 cm³/mol. The number of primary sulfonamides is 1. The SMILES string of the molecule is Nc1cnc(-c2ccc(-c3ccccc3S(N)(=O)=O)cc2F)cn1.OC1CCCCC1. The molecule has 0 amide bonds. The number of aliphatic hydroxyl groups excluding tert-OH is 1. The number of halogens is 1. The van der Waals surface area contributed by atoms with E-state index in [0.29, 0.717) is 16.8 Å². The second-order valence-electron chi connectivity index (χ2n) is 7.35. The first-order valence-corrected chi connectivity index (χ1v) is 11.5. The summed E-state index contributed by atoms with van der Waals surface area (Å²) in [4.78, 5) is 7.84. The molecule has 3 aromatic rings. The van der Waals surface area contributed by atoms with Gasteiger partial charge in [0.05, 0.1) is 29.1 Å². The zero-order valence-electron chi connectivity index (χ0n) is 16.9. The molecule has 1 aromatic heterocycles. The summed E-state index contributed by atoms with van der Waals surface area (Å²) in [5.74, 6) is -0.325. The smallest absolute Gasteiger partial charge is 0.238 e. The lowest BCUT2D eigenvalue weighted by atomic mass is 9.98. The number of benzene rings is 2. The number of aliphatic hydroxyl groups is 1. The van der Waals surface area contributed by atoms with E-state index in [1.54, 1.807) is 24.3 Å². The van der Waals surface area contributed by atoms with Crippen LogP contribution in [-0.4, -0.2) is 29.6 Å². The van der Waals surface area contributed by atoms with Crippen molar-refractivity contribution >= 4 is 15.8 Å². The van der Waals surface area contributed by atoms with Crippen LogP contribution in [0.2, 0.25) is 0 Å². The normalized spacial score (nSPS) is 14.5. The number of hydrogen-bond acceptors (Lipinski definition) is 6. The quantitative estimate of drug-likeness (QED) is 0.566. The number of anilines is 1. The molecular weight excluding hydrogens is 419 g/mol. The van der Waals surface area contributed by atoms with E-state index < -0.39 is 15.8 Å². The molecule has 0 unspecified atom stereocenters. The molecule has 0 atom stereocenters. The van der Waals surface area contributed by atoms with Gasteiger partial charge in [-0.15, -0.1) is 0 Å². The summed E-state index contributed by atoms with van der Waals surface area (Å²) < 4.78 is 37.8. The summed E-state index contributed by atoms with van der Waals surface area (Å²) in [5, 5.41) is 14.1. The van der Waals surface area contributed by atoms with Crippen LogP contribution in [0, 0.1) is 5.82 Å². The van der Waals surface area contributed by atoms with Gasteiger partial charge in [-0.25, -0.2) is 22.9 Å². The monoisotopic (exact) mass is 444 g/mol. The van der Waals surface area contributed by atoms with Crippen molar-refractivity contribution in [2.24, 2.45) is 5.14 Å². The van der Waals surface area contributed by atoms with E-state index in [4.69, 9.17) is 16.0 Å². The largest absolute Gasteiger partial charge is 0.393 e. The van der Waals surface area contributed by atoms with Crippen molar-refractivity contribution in [2.45, 2.75) is 43.1 Å². The number of rotatable bonds is 3. The fourth-order valence-corrected chi connectivity index (χ4v) is 4.16. The number of nitrogens with zero attached hydrogens (tertiary/aromatic N) is 2. The van der Waals surface area contributed by atoms with Crippen LogP contribution in [0.1, 0.15) is 32.1 Å². The summed E-state index contributed by atoms with van der Waals surface area (Å²) >= 11 is 0. The fourth-order valence-electron chi connectivity index (χ4n) is 3.40. The zero-order chi connectivity index (χ0) is 22.4. The lowest BCUT2D eigenvalue weighted by molar-refractivity contribution is 0.130. The highest BCUT2D eigenvalue weighted by Crippen LogP contribution is 2.30. The second-order valence-corrected chi connectivity index (χ2v) is 8.88. The van der Waals surface area contributed by atoms with Gasteiger partial charge in [-0.2, -0.15) is 0 Å². The molecule has 5 N–H and O–H groups in total. The van der Waals surface area contributed by atoms with Crippen LogP contribution >= 0.6 is 0 Å². The Labute approximate surface area is 181 Å². The Bertz CT molecular complexity index is 1130. The predicted octanol–water partition coefficient (Wildman–Crippen LogP) is 3.49. The zero-order valence-corrected chi connectivity index (χ0v) is 17.7. The summed E-state index contributed by atoms with van der Waals surface area (Å²) in [5.41, 5.74) is 6.75. The molecule has 1 aliphatic carbocycles. The molecule has 1 fully saturated rings. The average molecular weight is 445 g/mol. The van der Waals surface area contributed by atoms with E-state index >= 15 is 0 Å². The number of nitrogens with two attached hydrogens (primary N) is 2. The van der Waals surface area contributed by atoms with Crippen LogP contribution in [0.4, 0.5) is 10.2 Å². The molecule has 0 aliphatic heterocycles. The summed E-state index contributed by atoms with van der Waals surface area (Å²) in [6, 6.07) is 10.5. The highest BCUT2D eigenvalue weighted by molar-refractivity contribution is 7.89. The molecule has 1 heterocycles. The van der Waals surface area contributed by atoms with Gasteiger partial charge in [0, 0.05) is 11.1 Å². The first-order valence-electron chi connectivity index (χ1n) is 9.93. The van der Waals surface area contributed by atoms with E-state index in [2.05, 4.69) is 9.97 Å². The molecule has 0 radical (unpaired) electrons. The Balaban J connectivity index is 0.000000330. The molecular formula is C22H25FN4O3S. The minimum Gasteiger partial charge on any atom is -0.393 e. The van der Waals surface area contributed by atoms with E-state index in [0.717, 1.165) is 12.8 Å². The van der Waals surface area contributed by atoms with Gasteiger partial charge >= 0.3 is 0 Å². The standard InChI is InChI=1S/C16H13FN4O2S.C6H12O/c17-13-7-10(11-3-1-2-4-15(11)24(19,22)23)5-6-12(13)14-8-21-16(18)9-20-14;7-6-4-2-1-3-5-6/h1-9H,(H2,18,21)(H2,19,22,23);6-7H,1-5H2. The maximum absolute atomic E-state index is 14.5. The van der Waals surface area contributed by atoms with Crippen molar-refractivity contribution in [3.05, 3.63) is 60.7 Å². The van der Waals surface area contributed by atoms with Gasteiger partial charge in [0.15, 0.2) is 0 Å². The maximum atomic E-state index is 14.5. The molecule has 0 saturated heterocycles. The molecule has 0 spiro atoms. The van der Waals surface area contributed by atoms with Gasteiger partial charge in [-0.05, 0) is 36.6 Å². The number of nitrogen functional groups attached to an aromatic ring is 1. The van der Waals surface area contributed by atoms with Crippen molar-refractivity contribution in [3.8, 4) is 22.4 Å². The number of sulfonamides is 1. The lowest BCUT2D eigenvalue weighted by Gasteiger charge is -2.14. The van der Waals surface area contributed by atoms with E-state index in [1.807, 2.05) is 0 Å². The molecule has 4 rings (SSSR count). The number of hydrogen-bond donors (Lipinski definition) is 3. The van der Waals surface area contributed by atoms with Crippen molar-refractivity contribution in [1.82, 2.24) is 9.97 Å². The highest BCUT2D eigenvalue weighted by Gasteiger charge is 2.16. The van der Waals surface area contributed by atoms with E-state index in [-0.39, 0.29) is 22.4 Å². The minimum absolute atomic E-state index is 0.0359. The van der Waals surface area contributed by atoms with Gasteiger partial charge in [-0.1, -0.05) is 43.5 Å². The molecule has 7 nitrogen and oxygen atoms in total. The Morgan fingerprint density at radius 2 is 1.68 bits per heavy atom. The summed E-state index contributed by atoms with van der Waals surface area (Å²) in [6.07, 6.45) is 8.62. The third kappa shape index (κ3) is 6.06. The number of aromatic nitrogens is 2. The van der Waals surface area contributed by atoms with Gasteiger partial charge < -0.3 is 10.8 Å². The third-order valence-corrected chi connectivity index (χ3v) is 5.97. The summed E-state index contributed by atoms with van der Waals surface area (Å²) in [7, 11) is -3.92. The molecule has 9 heteroatoms. The van der Waals surface area contributed by atoms with Crippen molar-refractivity contribution < 1.29 is 17.9 Å². The highest BCUT2D eigenvalue weighted by atomic mass is 32.2. The van der Waals surface area contributed by atoms with Crippen molar-refractivity contribution in [3.63, 3.8) is 0 Å². The second kappa shape index (κ2) is 9.95. The van der Waals surface area contributed by atoms with Gasteiger partial charge in [0.2, 0.25) is 10.0 Å². The minimum atomic E-state index is -3.92. The Morgan fingerprint density at radius 1 is 0.968 bits per heavy atom. The molecule has 164 valence electrons. The first-order chi connectivity index (χ1) is 14.8. The Morgan fingerprint density at radius 3 is 2.23 bits per heavy atom. The van der Waals surface area contributed by atoms with Crippen molar-refractivity contribution in [2.75, 3.05) is 5.73 Å². The molecule has 31 heavy (non-hydrogen) atoms. The van der Waals surface area contributed by atoms with E-state index in [9.17, 15) is 12.8 Å². The lowest BCUT2D eigenvalue weighted by Crippen LogP contribution is -2.13. The first kappa shape index (κ1) is 22.8. The molecule has 2 aromatic carbocycles. The Kier molecular flexibility index (Phi) is 7.32. The van der Waals surface area contributed by atoms with Crippen LogP contribution in [0.25, 0.3) is 22.4 Å². The van der Waals surface area contributed by atoms with Gasteiger partial charge in [0.1, 0.15) is 11.6 Å². The van der Waals surface area contributed by atoms with Gasteiger partial charge in [-0.3, -0.25) is 4.98 Å². The van der Waals surface area contributed by atoms with Gasteiger partial charge in [0.25, 0.3) is 0 Å². The summed E-state index contributed by atoms with van der Waals surface area (Å²) in [6.45, 7) is 0. The van der Waals surface area contributed by atoms with Crippen LogP contribution < -0.4 is 10.9 Å². The maximum Gasteiger partial charge on any atom is 0.238 e.